The van der Waals surface area contributed by atoms with E-state index in [1.165, 1.54) is 12.1 Å². The third-order valence-corrected chi connectivity index (χ3v) is 2.21. The van der Waals surface area contributed by atoms with E-state index in [1.807, 2.05) is 5.10 Å². The number of benzene rings is 1. The van der Waals surface area contributed by atoms with Crippen molar-refractivity contribution < 1.29 is 17.6 Å². The molecule has 0 unspecified atom stereocenters. The fraction of sp³-hybridized carbons (Fsp3) is 0.100. The Hall–Kier alpha value is -1.76. The quantitative estimate of drug-likeness (QED) is 0.789. The predicted molar refractivity (Wildman–Crippen MR) is 60.6 cm³/mol. The molecular formula is C10H8ClF4N3. The van der Waals surface area contributed by atoms with E-state index in [9.17, 15) is 17.6 Å². The van der Waals surface area contributed by atoms with Crippen molar-refractivity contribution in [2.45, 2.75) is 6.18 Å². The molecule has 2 rings (SSSR count). The molecule has 18 heavy (non-hydrogen) atoms. The molecule has 1 aromatic heterocycles. The minimum Gasteiger partial charge on any atom is -0.382 e. The van der Waals surface area contributed by atoms with Crippen LogP contribution >= 0.6 is 12.4 Å². The highest BCUT2D eigenvalue weighted by Gasteiger charge is 2.37. The second-order valence-electron chi connectivity index (χ2n) is 3.36. The van der Waals surface area contributed by atoms with E-state index in [0.717, 1.165) is 12.1 Å². The average molecular weight is 282 g/mol. The van der Waals surface area contributed by atoms with E-state index in [-0.39, 0.29) is 29.4 Å². The van der Waals surface area contributed by atoms with Crippen molar-refractivity contribution in [1.82, 2.24) is 10.2 Å². The Morgan fingerprint density at radius 3 is 2.17 bits per heavy atom. The monoisotopic (exact) mass is 281 g/mol. The first-order valence-electron chi connectivity index (χ1n) is 4.56. The Balaban J connectivity index is 0.00000162. The molecule has 98 valence electrons. The standard InChI is InChI=1S/C10H7F4N3.ClH/c11-6-3-1-5(2-4-6)7-8(10(12,13)14)16-17-9(7)15;/h1-4H,(H3,15,16,17);1H. The normalized spacial score (nSPS) is 11.1. The topological polar surface area (TPSA) is 54.7 Å². The number of nitrogens with two attached hydrogens (primary N) is 1. The van der Waals surface area contributed by atoms with E-state index < -0.39 is 17.7 Å². The van der Waals surface area contributed by atoms with Crippen LogP contribution in [0.15, 0.2) is 24.3 Å². The number of nitrogen functional groups attached to an aromatic ring is 1. The highest BCUT2D eigenvalue weighted by Crippen LogP contribution is 2.38. The number of aromatic nitrogens is 2. The van der Waals surface area contributed by atoms with Crippen LogP contribution in [0.5, 0.6) is 0 Å². The molecule has 0 bridgehead atoms. The first kappa shape index (κ1) is 14.3. The largest absolute Gasteiger partial charge is 0.433 e. The van der Waals surface area contributed by atoms with Crippen molar-refractivity contribution in [1.29, 1.82) is 0 Å². The van der Waals surface area contributed by atoms with Gasteiger partial charge >= 0.3 is 6.18 Å². The minimum absolute atomic E-state index is 0. The highest BCUT2D eigenvalue weighted by atomic mass is 35.5. The molecule has 8 heteroatoms. The van der Waals surface area contributed by atoms with Crippen LogP contribution in [0.4, 0.5) is 23.4 Å². The zero-order valence-corrected chi connectivity index (χ0v) is 9.57. The van der Waals surface area contributed by atoms with Gasteiger partial charge in [-0.25, -0.2) is 4.39 Å². The van der Waals surface area contributed by atoms with E-state index in [1.54, 1.807) is 0 Å². The lowest BCUT2D eigenvalue weighted by atomic mass is 10.1. The summed E-state index contributed by atoms with van der Waals surface area (Å²) in [6.07, 6.45) is -4.59. The molecule has 2 aromatic rings. The van der Waals surface area contributed by atoms with E-state index in [4.69, 9.17) is 5.73 Å². The first-order valence-corrected chi connectivity index (χ1v) is 4.56. The van der Waals surface area contributed by atoms with E-state index in [0.29, 0.717) is 0 Å². The van der Waals surface area contributed by atoms with Gasteiger partial charge in [-0.2, -0.15) is 18.3 Å². The Kier molecular flexibility index (Phi) is 3.85. The molecule has 0 fully saturated rings. The molecular weight excluding hydrogens is 274 g/mol. The molecule has 0 aliphatic carbocycles. The number of hydrogen-bond acceptors (Lipinski definition) is 2. The number of hydrogen-bond donors (Lipinski definition) is 2. The lowest BCUT2D eigenvalue weighted by Gasteiger charge is -2.07. The second kappa shape index (κ2) is 4.85. The first-order chi connectivity index (χ1) is 7.89. The molecule has 3 N–H and O–H groups in total. The molecule has 1 heterocycles. The van der Waals surface area contributed by atoms with Crippen LogP contribution in [0.25, 0.3) is 11.1 Å². The highest BCUT2D eigenvalue weighted by molar-refractivity contribution is 5.85. The Morgan fingerprint density at radius 2 is 1.67 bits per heavy atom. The van der Waals surface area contributed by atoms with Gasteiger partial charge in [0.05, 0.1) is 5.56 Å². The summed E-state index contributed by atoms with van der Waals surface area (Å²) in [5.74, 6) is -0.812. The van der Waals surface area contributed by atoms with Crippen LogP contribution in [-0.4, -0.2) is 10.2 Å². The van der Waals surface area contributed by atoms with Gasteiger partial charge in [0.25, 0.3) is 0 Å². The summed E-state index contributed by atoms with van der Waals surface area (Å²) < 4.78 is 50.6. The molecule has 1 aromatic carbocycles. The summed E-state index contributed by atoms with van der Waals surface area (Å²) in [6.45, 7) is 0. The van der Waals surface area contributed by atoms with Crippen LogP contribution in [0, 0.1) is 5.82 Å². The van der Waals surface area contributed by atoms with Crippen molar-refractivity contribution in [3.05, 3.63) is 35.8 Å². The number of nitrogens with one attached hydrogen (secondary N) is 1. The molecule has 0 spiro atoms. The van der Waals surface area contributed by atoms with Gasteiger partial charge in [0.2, 0.25) is 0 Å². The number of aromatic amines is 1. The number of nitrogens with zero attached hydrogens (tertiary/aromatic N) is 1. The van der Waals surface area contributed by atoms with Gasteiger partial charge in [0, 0.05) is 0 Å². The zero-order valence-electron chi connectivity index (χ0n) is 8.75. The summed E-state index contributed by atoms with van der Waals surface area (Å²) >= 11 is 0. The minimum atomic E-state index is -4.59. The van der Waals surface area contributed by atoms with Crippen LogP contribution in [0.3, 0.4) is 0 Å². The fourth-order valence-corrected chi connectivity index (χ4v) is 1.47. The molecule has 0 radical (unpaired) electrons. The fourth-order valence-electron chi connectivity index (χ4n) is 1.47. The van der Waals surface area contributed by atoms with Crippen molar-refractivity contribution >= 4 is 18.2 Å². The maximum absolute atomic E-state index is 12.7. The third-order valence-electron chi connectivity index (χ3n) is 2.21. The molecule has 3 nitrogen and oxygen atoms in total. The Bertz CT molecular complexity index is 533. The molecule has 0 atom stereocenters. The van der Waals surface area contributed by atoms with Crippen molar-refractivity contribution in [3.8, 4) is 11.1 Å². The molecule has 0 saturated carbocycles. The number of anilines is 1. The van der Waals surface area contributed by atoms with Crippen molar-refractivity contribution in [2.24, 2.45) is 0 Å². The summed E-state index contributed by atoms with van der Waals surface area (Å²) in [6, 6.07) is 4.54. The summed E-state index contributed by atoms with van der Waals surface area (Å²) in [5, 5.41) is 5.15. The van der Waals surface area contributed by atoms with Gasteiger partial charge in [0.1, 0.15) is 11.5 Å². The number of rotatable bonds is 1. The number of halogens is 5. The van der Waals surface area contributed by atoms with Gasteiger partial charge in [-0.3, -0.25) is 5.10 Å². The number of H-pyrrole nitrogens is 1. The lowest BCUT2D eigenvalue weighted by Crippen LogP contribution is -2.07. The van der Waals surface area contributed by atoms with Crippen LogP contribution in [0.1, 0.15) is 5.69 Å². The Labute approximate surface area is 105 Å². The van der Waals surface area contributed by atoms with Crippen LogP contribution < -0.4 is 5.73 Å². The summed E-state index contributed by atoms with van der Waals surface area (Å²) in [4.78, 5) is 0. The van der Waals surface area contributed by atoms with Gasteiger partial charge < -0.3 is 5.73 Å². The lowest BCUT2D eigenvalue weighted by molar-refractivity contribution is -0.140. The SMILES string of the molecule is Cl.Nc1n[nH]c(C(F)(F)F)c1-c1ccc(F)cc1. The van der Waals surface area contributed by atoms with Gasteiger partial charge in [-0.05, 0) is 17.7 Å². The average Bonchev–Trinajstić information content (AvgIpc) is 2.61. The van der Waals surface area contributed by atoms with E-state index >= 15 is 0 Å². The van der Waals surface area contributed by atoms with Crippen LogP contribution in [0.2, 0.25) is 0 Å². The maximum atomic E-state index is 12.7. The second-order valence-corrected chi connectivity index (χ2v) is 3.36. The summed E-state index contributed by atoms with van der Waals surface area (Å²) in [7, 11) is 0. The van der Waals surface area contributed by atoms with Crippen LogP contribution in [-0.2, 0) is 6.18 Å². The van der Waals surface area contributed by atoms with Crippen molar-refractivity contribution in [3.63, 3.8) is 0 Å². The summed E-state index contributed by atoms with van der Waals surface area (Å²) in [5.41, 5.74) is 4.22. The number of alkyl halides is 3. The Morgan fingerprint density at radius 1 is 1.11 bits per heavy atom. The van der Waals surface area contributed by atoms with Gasteiger partial charge in [-0.15, -0.1) is 12.4 Å². The molecule has 0 saturated heterocycles. The van der Waals surface area contributed by atoms with Crippen molar-refractivity contribution in [2.75, 3.05) is 5.73 Å². The molecule has 0 aliphatic rings. The molecule has 0 amide bonds. The zero-order chi connectivity index (χ0) is 12.6. The smallest absolute Gasteiger partial charge is 0.382 e. The van der Waals surface area contributed by atoms with Gasteiger partial charge in [0.15, 0.2) is 5.82 Å². The van der Waals surface area contributed by atoms with E-state index in [2.05, 4.69) is 5.10 Å². The molecule has 0 aliphatic heterocycles. The predicted octanol–water partition coefficient (Wildman–Crippen LogP) is 3.24. The third kappa shape index (κ3) is 2.56. The van der Waals surface area contributed by atoms with Gasteiger partial charge in [-0.1, -0.05) is 12.1 Å². The maximum Gasteiger partial charge on any atom is 0.433 e.